The summed E-state index contributed by atoms with van der Waals surface area (Å²) in [5.74, 6) is 1.41. The van der Waals surface area contributed by atoms with Crippen LogP contribution < -0.4 is 15.4 Å². The summed E-state index contributed by atoms with van der Waals surface area (Å²) in [6.07, 6.45) is 3.52. The molecule has 2 aromatic rings. The van der Waals surface area contributed by atoms with Crippen LogP contribution in [-0.2, 0) is 0 Å². The van der Waals surface area contributed by atoms with Crippen LogP contribution in [0.15, 0.2) is 67.8 Å². The van der Waals surface area contributed by atoms with Gasteiger partial charge in [-0.15, -0.1) is 13.2 Å². The predicted molar refractivity (Wildman–Crippen MR) is 92.0 cm³/mol. The third-order valence-corrected chi connectivity index (χ3v) is 2.93. The van der Waals surface area contributed by atoms with Crippen molar-refractivity contribution in [2.24, 2.45) is 0 Å². The van der Waals surface area contributed by atoms with E-state index in [1.165, 1.54) is 0 Å². The van der Waals surface area contributed by atoms with Crippen LogP contribution in [0.25, 0.3) is 0 Å². The van der Waals surface area contributed by atoms with Gasteiger partial charge in [-0.2, -0.15) is 0 Å². The lowest BCUT2D eigenvalue weighted by Gasteiger charge is -2.11. The van der Waals surface area contributed by atoms with E-state index in [2.05, 4.69) is 23.8 Å². The van der Waals surface area contributed by atoms with Crippen molar-refractivity contribution in [1.82, 2.24) is 0 Å². The van der Waals surface area contributed by atoms with Gasteiger partial charge in [0, 0.05) is 30.9 Å². The highest BCUT2D eigenvalue weighted by Crippen LogP contribution is 2.31. The van der Waals surface area contributed by atoms with Crippen molar-refractivity contribution in [3.8, 4) is 17.2 Å². The van der Waals surface area contributed by atoms with E-state index in [1.807, 2.05) is 24.3 Å². The molecule has 0 aliphatic heterocycles. The van der Waals surface area contributed by atoms with E-state index in [0.29, 0.717) is 30.3 Å². The second-order valence-electron chi connectivity index (χ2n) is 4.65. The Balaban J connectivity index is 2.08. The molecule has 0 amide bonds. The molecule has 2 rings (SSSR count). The van der Waals surface area contributed by atoms with Gasteiger partial charge in [0.05, 0.1) is 5.69 Å². The molecule has 0 radical (unpaired) electrons. The van der Waals surface area contributed by atoms with Gasteiger partial charge in [0.1, 0.15) is 17.2 Å². The Hall–Kier alpha value is -2.88. The van der Waals surface area contributed by atoms with Crippen molar-refractivity contribution in [2.45, 2.75) is 0 Å². The summed E-state index contributed by atoms with van der Waals surface area (Å²) in [5, 5.41) is 16.2. The molecule has 4 nitrogen and oxygen atoms in total. The van der Waals surface area contributed by atoms with Crippen LogP contribution in [0.2, 0.25) is 0 Å². The van der Waals surface area contributed by atoms with Crippen LogP contribution in [0.5, 0.6) is 17.2 Å². The summed E-state index contributed by atoms with van der Waals surface area (Å²) in [4.78, 5) is 0. The number of ether oxygens (including phenoxy) is 1. The lowest BCUT2D eigenvalue weighted by atomic mass is 10.2. The second-order valence-corrected chi connectivity index (χ2v) is 4.65. The van der Waals surface area contributed by atoms with Crippen molar-refractivity contribution in [3.05, 3.63) is 67.8 Å². The van der Waals surface area contributed by atoms with Crippen molar-refractivity contribution >= 4 is 11.4 Å². The Labute approximate surface area is 130 Å². The zero-order valence-electron chi connectivity index (χ0n) is 12.4. The molecule has 0 fully saturated rings. The standard InChI is InChI=1S/C18H20N2O2/c1-3-10-19-14-6-5-7-15(12-14)22-16-8-9-17(18(21)13-16)20-11-4-2/h3-9,12-13,19-21H,1-2,10-11H2. The molecule has 0 heterocycles. The number of anilines is 2. The maximum absolute atomic E-state index is 9.97. The predicted octanol–water partition coefficient (Wildman–Crippen LogP) is 4.38. The summed E-state index contributed by atoms with van der Waals surface area (Å²) in [6, 6.07) is 12.8. The van der Waals surface area contributed by atoms with Crippen LogP contribution in [0.3, 0.4) is 0 Å². The quantitative estimate of drug-likeness (QED) is 0.500. The highest BCUT2D eigenvalue weighted by Gasteiger charge is 2.04. The average molecular weight is 296 g/mol. The van der Waals surface area contributed by atoms with Crippen LogP contribution >= 0.6 is 0 Å². The summed E-state index contributed by atoms with van der Waals surface area (Å²) in [5.41, 5.74) is 1.60. The molecule has 22 heavy (non-hydrogen) atoms. The largest absolute Gasteiger partial charge is 0.506 e. The van der Waals surface area contributed by atoms with Gasteiger partial charge >= 0.3 is 0 Å². The van der Waals surface area contributed by atoms with Crippen LogP contribution in [0.4, 0.5) is 11.4 Å². The zero-order chi connectivity index (χ0) is 15.8. The highest BCUT2D eigenvalue weighted by molar-refractivity contribution is 5.59. The van der Waals surface area contributed by atoms with Gasteiger partial charge in [-0.25, -0.2) is 0 Å². The minimum Gasteiger partial charge on any atom is -0.506 e. The molecule has 0 spiro atoms. The first-order valence-electron chi connectivity index (χ1n) is 7.03. The van der Waals surface area contributed by atoms with E-state index >= 15 is 0 Å². The Morgan fingerprint density at radius 3 is 2.41 bits per heavy atom. The summed E-state index contributed by atoms with van der Waals surface area (Å²) < 4.78 is 5.77. The molecule has 0 saturated carbocycles. The average Bonchev–Trinajstić information content (AvgIpc) is 2.52. The Morgan fingerprint density at radius 1 is 0.955 bits per heavy atom. The maximum Gasteiger partial charge on any atom is 0.142 e. The van der Waals surface area contributed by atoms with Gasteiger partial charge < -0.3 is 20.5 Å². The molecule has 2 aromatic carbocycles. The molecule has 114 valence electrons. The number of benzene rings is 2. The fourth-order valence-electron chi connectivity index (χ4n) is 1.90. The Morgan fingerprint density at radius 2 is 1.68 bits per heavy atom. The molecule has 0 bridgehead atoms. The number of nitrogens with one attached hydrogen (secondary N) is 2. The molecule has 0 atom stereocenters. The monoisotopic (exact) mass is 296 g/mol. The number of hydrogen-bond donors (Lipinski definition) is 3. The molecule has 0 saturated heterocycles. The summed E-state index contributed by atoms with van der Waals surface area (Å²) in [6.45, 7) is 8.58. The van der Waals surface area contributed by atoms with E-state index in [0.717, 1.165) is 5.69 Å². The van der Waals surface area contributed by atoms with Gasteiger partial charge in [-0.3, -0.25) is 0 Å². The number of hydrogen-bond acceptors (Lipinski definition) is 4. The minimum absolute atomic E-state index is 0.139. The molecule has 0 aliphatic carbocycles. The fourth-order valence-corrected chi connectivity index (χ4v) is 1.90. The van der Waals surface area contributed by atoms with Crippen LogP contribution in [0.1, 0.15) is 0 Å². The maximum atomic E-state index is 9.97. The molecular formula is C18H20N2O2. The van der Waals surface area contributed by atoms with Crippen molar-refractivity contribution < 1.29 is 9.84 Å². The van der Waals surface area contributed by atoms with Crippen molar-refractivity contribution in [2.75, 3.05) is 23.7 Å². The van der Waals surface area contributed by atoms with Gasteiger partial charge in [0.25, 0.3) is 0 Å². The lowest BCUT2D eigenvalue weighted by molar-refractivity contribution is 0.457. The van der Waals surface area contributed by atoms with Gasteiger partial charge in [-0.1, -0.05) is 18.2 Å². The second kappa shape index (κ2) is 7.78. The normalized spacial score (nSPS) is 9.82. The first-order valence-corrected chi connectivity index (χ1v) is 7.03. The number of rotatable bonds is 8. The minimum atomic E-state index is 0.139. The molecular weight excluding hydrogens is 276 g/mol. The molecule has 4 heteroatoms. The first kappa shape index (κ1) is 15.5. The molecule has 0 unspecified atom stereocenters. The van der Waals surface area contributed by atoms with Crippen molar-refractivity contribution in [3.63, 3.8) is 0 Å². The van der Waals surface area contributed by atoms with Gasteiger partial charge in [-0.05, 0) is 24.3 Å². The summed E-state index contributed by atoms with van der Waals surface area (Å²) >= 11 is 0. The van der Waals surface area contributed by atoms with Gasteiger partial charge in [0.15, 0.2) is 0 Å². The topological polar surface area (TPSA) is 53.5 Å². The molecule has 3 N–H and O–H groups in total. The number of aromatic hydroxyl groups is 1. The number of phenols is 1. The van der Waals surface area contributed by atoms with Crippen LogP contribution in [-0.4, -0.2) is 18.2 Å². The summed E-state index contributed by atoms with van der Waals surface area (Å²) in [7, 11) is 0. The third-order valence-electron chi connectivity index (χ3n) is 2.93. The Bertz CT molecular complexity index is 653. The van der Waals surface area contributed by atoms with E-state index in [-0.39, 0.29) is 5.75 Å². The molecule has 0 aliphatic rings. The SMILES string of the molecule is C=CCNc1cccc(Oc2ccc(NCC=C)c(O)c2)c1. The molecule has 0 aromatic heterocycles. The first-order chi connectivity index (χ1) is 10.7. The number of phenolic OH excluding ortho intramolecular Hbond substituents is 1. The van der Waals surface area contributed by atoms with Crippen LogP contribution in [0, 0.1) is 0 Å². The zero-order valence-corrected chi connectivity index (χ0v) is 12.4. The fraction of sp³-hybridized carbons (Fsp3) is 0.111. The Kier molecular flexibility index (Phi) is 5.49. The van der Waals surface area contributed by atoms with E-state index in [4.69, 9.17) is 4.74 Å². The highest BCUT2D eigenvalue weighted by atomic mass is 16.5. The van der Waals surface area contributed by atoms with Crippen molar-refractivity contribution in [1.29, 1.82) is 0 Å². The van der Waals surface area contributed by atoms with E-state index in [9.17, 15) is 5.11 Å². The van der Waals surface area contributed by atoms with E-state index in [1.54, 1.807) is 30.4 Å². The van der Waals surface area contributed by atoms with Gasteiger partial charge in [0.2, 0.25) is 0 Å². The smallest absolute Gasteiger partial charge is 0.142 e. The lowest BCUT2D eigenvalue weighted by Crippen LogP contribution is -1.98. The third kappa shape index (κ3) is 4.31. The van der Waals surface area contributed by atoms with E-state index < -0.39 is 0 Å².